The van der Waals surface area contributed by atoms with Gasteiger partial charge in [0.05, 0.1) is 24.0 Å². The number of carbonyl (C=O) groups excluding carboxylic acids is 1. The number of nitrogens with zero attached hydrogens (tertiary/aromatic N) is 3. The molecule has 4 heterocycles. The largest absolute Gasteiger partial charge is 0.459 e. The molecule has 6 nitrogen and oxygen atoms in total. The number of aromatic nitrogens is 1. The number of ether oxygens (including phenoxy) is 1. The number of allylic oxidation sites excluding steroid dienone is 1. The molecule has 0 fully saturated rings. The number of hydrogen-bond acceptors (Lipinski definition) is 6. The number of halogens is 1. The molecule has 0 bridgehead atoms. The fraction of sp³-hybridized carbons (Fsp3) is 0.462. The van der Waals surface area contributed by atoms with Crippen LogP contribution >= 0.6 is 0 Å². The Morgan fingerprint density at radius 3 is 2.91 bits per heavy atom. The average Bonchev–Trinajstić information content (AvgIpc) is 3.01. The lowest BCUT2D eigenvalue weighted by Crippen LogP contribution is -2.45. The molecule has 174 valence electrons. The van der Waals surface area contributed by atoms with Gasteiger partial charge in [0, 0.05) is 55.3 Å². The predicted octanol–water partition coefficient (Wildman–Crippen LogP) is 3.65. The third-order valence-corrected chi connectivity index (χ3v) is 6.66. The fourth-order valence-corrected chi connectivity index (χ4v) is 5.21. The molecule has 0 spiro atoms. The molecule has 0 radical (unpaired) electrons. The normalized spacial score (nSPS) is 24.8. The van der Waals surface area contributed by atoms with Crippen molar-refractivity contribution in [3.63, 3.8) is 0 Å². The molecule has 1 aromatic heterocycles. The van der Waals surface area contributed by atoms with Crippen molar-refractivity contribution in [3.8, 4) is 0 Å². The lowest BCUT2D eigenvalue weighted by Gasteiger charge is -2.38. The second-order valence-corrected chi connectivity index (χ2v) is 10.2. The van der Waals surface area contributed by atoms with Gasteiger partial charge in [0.2, 0.25) is 0 Å². The highest BCUT2D eigenvalue weighted by Crippen LogP contribution is 2.44. The Kier molecular flexibility index (Phi) is 5.40. The predicted molar refractivity (Wildman–Crippen MR) is 126 cm³/mol. The Morgan fingerprint density at radius 2 is 2.18 bits per heavy atom. The summed E-state index contributed by atoms with van der Waals surface area (Å²) < 4.78 is 20.5. The molecule has 3 aliphatic heterocycles. The number of rotatable bonds is 3. The van der Waals surface area contributed by atoms with Crippen molar-refractivity contribution in [2.45, 2.75) is 51.3 Å². The van der Waals surface area contributed by atoms with Gasteiger partial charge in [-0.15, -0.1) is 0 Å². The summed E-state index contributed by atoms with van der Waals surface area (Å²) in [5.74, 6) is -0.437. The number of likely N-dealkylation sites (N-methyl/N-ethyl adjacent to an activating group) is 1. The first kappa shape index (κ1) is 21.9. The monoisotopic (exact) mass is 450 g/mol. The van der Waals surface area contributed by atoms with Crippen LogP contribution in [-0.2, 0) is 9.53 Å². The van der Waals surface area contributed by atoms with E-state index in [1.165, 1.54) is 5.57 Å². The summed E-state index contributed by atoms with van der Waals surface area (Å²) in [6, 6.07) is 3.89. The first-order valence-electron chi connectivity index (χ1n) is 11.6. The molecule has 33 heavy (non-hydrogen) atoms. The van der Waals surface area contributed by atoms with Crippen molar-refractivity contribution < 1.29 is 13.9 Å². The third-order valence-electron chi connectivity index (χ3n) is 6.66. The summed E-state index contributed by atoms with van der Waals surface area (Å²) in [5.41, 5.74) is 5.05. The van der Waals surface area contributed by atoms with Gasteiger partial charge in [0.15, 0.2) is 0 Å². The topological polar surface area (TPSA) is 57.7 Å². The van der Waals surface area contributed by atoms with E-state index in [2.05, 4.69) is 33.2 Å². The smallest absolute Gasteiger partial charge is 0.320 e. The minimum absolute atomic E-state index is 0.142. The zero-order valence-corrected chi connectivity index (χ0v) is 19.7. The van der Waals surface area contributed by atoms with Crippen LogP contribution in [0.5, 0.6) is 0 Å². The highest BCUT2D eigenvalue weighted by atomic mass is 19.1. The number of pyridine rings is 1. The van der Waals surface area contributed by atoms with E-state index >= 15 is 4.39 Å². The van der Waals surface area contributed by atoms with Crippen LogP contribution in [-0.4, -0.2) is 65.1 Å². The van der Waals surface area contributed by atoms with Gasteiger partial charge in [0.25, 0.3) is 0 Å². The second kappa shape index (κ2) is 8.13. The SMILES string of the molecule is CN1C=C2C=C(F)c3cccnc3C3=C2C1CC(C1=CCN(CC(=O)OC(C)(C)C)CC1)N3. The lowest BCUT2D eigenvalue weighted by atomic mass is 9.85. The quantitative estimate of drug-likeness (QED) is 0.561. The van der Waals surface area contributed by atoms with Crippen LogP contribution in [0.2, 0.25) is 0 Å². The summed E-state index contributed by atoms with van der Waals surface area (Å²) in [4.78, 5) is 21.1. The summed E-state index contributed by atoms with van der Waals surface area (Å²) in [7, 11) is 2.06. The fourth-order valence-electron chi connectivity index (χ4n) is 5.21. The van der Waals surface area contributed by atoms with E-state index in [9.17, 15) is 4.79 Å². The van der Waals surface area contributed by atoms with Crippen molar-refractivity contribution in [3.05, 3.63) is 64.7 Å². The minimum Gasteiger partial charge on any atom is -0.459 e. The van der Waals surface area contributed by atoms with Gasteiger partial charge in [0.1, 0.15) is 11.4 Å². The third kappa shape index (κ3) is 4.22. The van der Waals surface area contributed by atoms with E-state index in [0.717, 1.165) is 36.2 Å². The molecule has 2 atom stereocenters. The molecule has 1 aliphatic carbocycles. The molecule has 0 aromatic carbocycles. The first-order chi connectivity index (χ1) is 15.7. The molecule has 0 saturated heterocycles. The van der Waals surface area contributed by atoms with Crippen LogP contribution in [0, 0.1) is 0 Å². The molecular formula is C26H31FN4O2. The van der Waals surface area contributed by atoms with Crippen molar-refractivity contribution in [2.75, 3.05) is 26.7 Å². The summed E-state index contributed by atoms with van der Waals surface area (Å²) >= 11 is 0. The van der Waals surface area contributed by atoms with Gasteiger partial charge in [-0.2, -0.15) is 0 Å². The van der Waals surface area contributed by atoms with Crippen molar-refractivity contribution >= 4 is 17.5 Å². The number of hydrogen-bond donors (Lipinski definition) is 1. The van der Waals surface area contributed by atoms with Crippen molar-refractivity contribution in [1.82, 2.24) is 20.1 Å². The van der Waals surface area contributed by atoms with Gasteiger partial charge in [-0.1, -0.05) is 6.08 Å². The Morgan fingerprint density at radius 1 is 1.36 bits per heavy atom. The Balaban J connectivity index is 1.37. The number of carbonyl (C=O) groups is 1. The molecule has 5 rings (SSSR count). The van der Waals surface area contributed by atoms with Crippen LogP contribution in [0.25, 0.3) is 11.5 Å². The van der Waals surface area contributed by atoms with E-state index in [-0.39, 0.29) is 23.9 Å². The van der Waals surface area contributed by atoms with E-state index in [4.69, 9.17) is 4.74 Å². The van der Waals surface area contributed by atoms with Gasteiger partial charge in [-0.3, -0.25) is 14.7 Å². The minimum atomic E-state index is -0.469. The van der Waals surface area contributed by atoms with Gasteiger partial charge in [-0.25, -0.2) is 4.39 Å². The van der Waals surface area contributed by atoms with Gasteiger partial charge >= 0.3 is 5.97 Å². The Bertz CT molecular complexity index is 1110. The van der Waals surface area contributed by atoms with E-state index in [1.807, 2.05) is 27.0 Å². The van der Waals surface area contributed by atoms with E-state index < -0.39 is 5.60 Å². The lowest BCUT2D eigenvalue weighted by molar-refractivity contribution is -0.156. The molecule has 0 saturated carbocycles. The van der Waals surface area contributed by atoms with E-state index in [0.29, 0.717) is 24.3 Å². The van der Waals surface area contributed by atoms with Crippen LogP contribution in [0.15, 0.2) is 53.4 Å². The summed E-state index contributed by atoms with van der Waals surface area (Å²) in [5, 5.41) is 3.72. The molecule has 4 aliphatic rings. The zero-order chi connectivity index (χ0) is 23.3. The van der Waals surface area contributed by atoms with Gasteiger partial charge in [-0.05, 0) is 57.4 Å². The highest BCUT2D eigenvalue weighted by molar-refractivity contribution is 5.85. The van der Waals surface area contributed by atoms with Crippen molar-refractivity contribution in [2.24, 2.45) is 0 Å². The Hall–Kier alpha value is -2.93. The average molecular weight is 451 g/mol. The summed E-state index contributed by atoms with van der Waals surface area (Å²) in [6.07, 6.45) is 9.41. The summed E-state index contributed by atoms with van der Waals surface area (Å²) in [6.45, 7) is 7.49. The van der Waals surface area contributed by atoms with Crippen LogP contribution < -0.4 is 5.32 Å². The number of esters is 1. The number of nitrogens with one attached hydrogen (secondary N) is 1. The molecule has 1 aromatic rings. The van der Waals surface area contributed by atoms with E-state index in [1.54, 1.807) is 24.4 Å². The first-order valence-corrected chi connectivity index (χ1v) is 11.6. The van der Waals surface area contributed by atoms with Crippen LogP contribution in [0.4, 0.5) is 4.39 Å². The second-order valence-electron chi connectivity index (χ2n) is 10.2. The highest BCUT2D eigenvalue weighted by Gasteiger charge is 2.40. The maximum absolute atomic E-state index is 15.0. The van der Waals surface area contributed by atoms with Crippen molar-refractivity contribution in [1.29, 1.82) is 0 Å². The van der Waals surface area contributed by atoms with Crippen LogP contribution in [0.3, 0.4) is 0 Å². The van der Waals surface area contributed by atoms with Crippen LogP contribution in [0.1, 0.15) is 44.9 Å². The maximum atomic E-state index is 15.0. The number of fused-ring (bicyclic) bond motifs is 2. The molecule has 0 amide bonds. The zero-order valence-electron chi connectivity index (χ0n) is 19.7. The molecular weight excluding hydrogens is 419 g/mol. The van der Waals surface area contributed by atoms with Gasteiger partial charge < -0.3 is 15.0 Å². The standard InChI is InChI=1S/C26H31FN4O2/c1-26(2,3)33-22(32)15-31-10-7-16(8-11-31)20-13-21-23-17(14-30(21)4)12-19(27)18-6-5-9-28-24(18)25(23)29-20/h5-7,9,12,14,20-21,29H,8,10-11,13,15H2,1-4H3. The Labute approximate surface area is 194 Å². The molecule has 7 heteroatoms. The molecule has 2 unspecified atom stereocenters. The maximum Gasteiger partial charge on any atom is 0.320 e. The molecule has 1 N–H and O–H groups in total.